The first-order valence-electron chi connectivity index (χ1n) is 13.2. The molecule has 0 radical (unpaired) electrons. The number of piperidine rings is 1. The Morgan fingerprint density at radius 2 is 1.98 bits per heavy atom. The summed E-state index contributed by atoms with van der Waals surface area (Å²) in [7, 11) is -3.51. The summed E-state index contributed by atoms with van der Waals surface area (Å²) < 4.78 is 33.9. The molecule has 0 spiro atoms. The Hall–Kier alpha value is -4.16. The van der Waals surface area contributed by atoms with Crippen LogP contribution < -0.4 is 14.8 Å². The predicted molar refractivity (Wildman–Crippen MR) is 158 cm³/mol. The molecule has 13 heteroatoms. The summed E-state index contributed by atoms with van der Waals surface area (Å²) in [5, 5.41) is 14.2. The average Bonchev–Trinajstić information content (AvgIpc) is 2.95. The number of carboxylic acid groups (broad SMARTS) is 1. The summed E-state index contributed by atoms with van der Waals surface area (Å²) in [4.78, 5) is 26.2. The fraction of sp³-hybridized carbons (Fsp3) is 0.286. The van der Waals surface area contributed by atoms with Crippen LogP contribution in [0.2, 0.25) is 5.02 Å². The minimum Gasteiger partial charge on any atom is -0.465 e. The normalized spacial score (nSPS) is 15.5. The van der Waals surface area contributed by atoms with Gasteiger partial charge >= 0.3 is 6.09 Å². The molecule has 11 nitrogen and oxygen atoms in total. The highest BCUT2D eigenvalue weighted by atomic mass is 35.5. The SMILES string of the molecule is CCCS(=O)(=O)Nc1cccc2c(Oc3ncccc3-c3ccnc(NC4CCCN(C(=O)O)C4)n3)c(Cl)ccc12. The van der Waals surface area contributed by atoms with Crippen molar-refractivity contribution in [1.82, 2.24) is 19.9 Å². The zero-order chi connectivity index (χ0) is 29.0. The first-order valence-corrected chi connectivity index (χ1v) is 15.2. The fourth-order valence-corrected chi connectivity index (χ4v) is 6.13. The maximum Gasteiger partial charge on any atom is 0.407 e. The minimum atomic E-state index is -3.51. The maximum atomic E-state index is 12.5. The molecule has 1 aliphatic rings. The van der Waals surface area contributed by atoms with Crippen molar-refractivity contribution in [2.75, 3.05) is 28.9 Å². The molecule has 1 fully saturated rings. The van der Waals surface area contributed by atoms with E-state index >= 15 is 0 Å². The zero-order valence-electron chi connectivity index (χ0n) is 22.2. The summed E-state index contributed by atoms with van der Waals surface area (Å²) in [6, 6.07) is 13.8. The Kier molecular flexibility index (Phi) is 8.41. The summed E-state index contributed by atoms with van der Waals surface area (Å²) in [5.74, 6) is 0.940. The molecule has 2 aromatic heterocycles. The van der Waals surface area contributed by atoms with E-state index in [1.807, 2.05) is 6.07 Å². The molecule has 3 heterocycles. The minimum absolute atomic E-state index is 0.00592. The van der Waals surface area contributed by atoms with Crippen LogP contribution in [0.25, 0.3) is 22.0 Å². The first kappa shape index (κ1) is 28.4. The molecule has 5 rings (SSSR count). The van der Waals surface area contributed by atoms with Gasteiger partial charge in [0.25, 0.3) is 0 Å². The molecule has 1 unspecified atom stereocenters. The molecule has 214 valence electrons. The lowest BCUT2D eigenvalue weighted by atomic mass is 10.1. The van der Waals surface area contributed by atoms with Gasteiger partial charge in [0.15, 0.2) is 5.75 Å². The number of fused-ring (bicyclic) bond motifs is 1. The van der Waals surface area contributed by atoms with Gasteiger partial charge in [0.2, 0.25) is 21.9 Å². The third-order valence-electron chi connectivity index (χ3n) is 6.63. The van der Waals surface area contributed by atoms with Gasteiger partial charge in [-0.25, -0.2) is 28.2 Å². The van der Waals surface area contributed by atoms with E-state index in [0.29, 0.717) is 63.9 Å². The molecule has 3 N–H and O–H groups in total. The van der Waals surface area contributed by atoms with Crippen molar-refractivity contribution in [2.24, 2.45) is 0 Å². The van der Waals surface area contributed by atoms with E-state index in [9.17, 15) is 18.3 Å². The van der Waals surface area contributed by atoms with Crippen LogP contribution in [0.15, 0.2) is 60.9 Å². The Bertz CT molecular complexity index is 1690. The summed E-state index contributed by atoms with van der Waals surface area (Å²) >= 11 is 6.58. The largest absolute Gasteiger partial charge is 0.465 e. The molecule has 1 aliphatic heterocycles. The van der Waals surface area contributed by atoms with Gasteiger partial charge in [0, 0.05) is 42.3 Å². The van der Waals surface area contributed by atoms with Crippen LogP contribution in [-0.2, 0) is 10.0 Å². The topological polar surface area (TPSA) is 147 Å². The highest BCUT2D eigenvalue weighted by molar-refractivity contribution is 7.92. The molecule has 2 aromatic carbocycles. The quantitative estimate of drug-likeness (QED) is 0.217. The van der Waals surface area contributed by atoms with Gasteiger partial charge in [0.1, 0.15) is 0 Å². The predicted octanol–water partition coefficient (Wildman–Crippen LogP) is 5.84. The van der Waals surface area contributed by atoms with Crippen molar-refractivity contribution in [3.63, 3.8) is 0 Å². The van der Waals surface area contributed by atoms with Crippen molar-refractivity contribution in [2.45, 2.75) is 32.2 Å². The standard InChI is InChI=1S/C28H29ClN6O5S/c1-2-16-41(38,39)34-24-9-3-7-20-19(24)10-11-22(29)25(20)40-26-21(8-4-13-30-26)23-12-14-31-27(33-23)32-18-6-5-15-35(17-18)28(36)37/h3-4,7-14,18,34H,2,5-6,15-17H2,1H3,(H,36,37)(H,31,32,33). The number of anilines is 2. The molecule has 0 bridgehead atoms. The van der Waals surface area contributed by atoms with Crippen molar-refractivity contribution in [3.05, 3.63) is 65.9 Å². The highest BCUT2D eigenvalue weighted by Gasteiger charge is 2.24. The molecular formula is C28H29ClN6O5S. The van der Waals surface area contributed by atoms with Crippen LogP contribution in [0.4, 0.5) is 16.4 Å². The van der Waals surface area contributed by atoms with Crippen LogP contribution in [0.5, 0.6) is 11.6 Å². The van der Waals surface area contributed by atoms with E-state index < -0.39 is 16.1 Å². The summed E-state index contributed by atoms with van der Waals surface area (Å²) in [6.45, 7) is 2.66. The number of hydrogen-bond acceptors (Lipinski definition) is 8. The van der Waals surface area contributed by atoms with Crippen LogP contribution in [-0.4, -0.2) is 64.4 Å². The van der Waals surface area contributed by atoms with E-state index in [1.54, 1.807) is 61.8 Å². The van der Waals surface area contributed by atoms with Crippen molar-refractivity contribution in [1.29, 1.82) is 0 Å². The molecule has 1 atom stereocenters. The second kappa shape index (κ2) is 12.1. The smallest absolute Gasteiger partial charge is 0.407 e. The lowest BCUT2D eigenvalue weighted by Gasteiger charge is -2.31. The number of aromatic nitrogens is 3. The third-order valence-corrected chi connectivity index (χ3v) is 8.40. The van der Waals surface area contributed by atoms with Gasteiger partial charge in [-0.2, -0.15) is 0 Å². The van der Waals surface area contributed by atoms with E-state index in [2.05, 4.69) is 25.0 Å². The number of likely N-dealkylation sites (tertiary alicyclic amines) is 1. The number of rotatable bonds is 9. The zero-order valence-corrected chi connectivity index (χ0v) is 23.8. The second-order valence-electron chi connectivity index (χ2n) is 9.63. The Morgan fingerprint density at radius 1 is 1.12 bits per heavy atom. The van der Waals surface area contributed by atoms with Crippen molar-refractivity contribution in [3.8, 4) is 22.9 Å². The molecule has 0 aliphatic carbocycles. The molecule has 1 saturated heterocycles. The average molecular weight is 597 g/mol. The number of nitrogens with zero attached hydrogens (tertiary/aromatic N) is 4. The highest BCUT2D eigenvalue weighted by Crippen LogP contribution is 2.41. The van der Waals surface area contributed by atoms with E-state index in [-0.39, 0.29) is 17.7 Å². The van der Waals surface area contributed by atoms with E-state index in [1.165, 1.54) is 4.90 Å². The molecule has 41 heavy (non-hydrogen) atoms. The maximum absolute atomic E-state index is 12.5. The summed E-state index contributed by atoms with van der Waals surface area (Å²) in [6.07, 6.45) is 4.29. The number of carbonyl (C=O) groups is 1. The number of halogens is 1. The van der Waals surface area contributed by atoms with Crippen LogP contribution in [0.3, 0.4) is 0 Å². The summed E-state index contributed by atoms with van der Waals surface area (Å²) in [5.41, 5.74) is 1.55. The number of sulfonamides is 1. The number of benzene rings is 2. The van der Waals surface area contributed by atoms with Crippen LogP contribution in [0.1, 0.15) is 26.2 Å². The van der Waals surface area contributed by atoms with Gasteiger partial charge in [-0.15, -0.1) is 0 Å². The number of nitrogens with one attached hydrogen (secondary N) is 2. The Labute approximate surface area is 242 Å². The lowest BCUT2D eigenvalue weighted by Crippen LogP contribution is -2.44. The van der Waals surface area contributed by atoms with Gasteiger partial charge in [-0.3, -0.25) is 4.72 Å². The lowest BCUT2D eigenvalue weighted by molar-refractivity contribution is 0.132. The Balaban J connectivity index is 1.45. The van der Waals surface area contributed by atoms with Crippen LogP contribution in [0, 0.1) is 0 Å². The van der Waals surface area contributed by atoms with Crippen LogP contribution >= 0.6 is 11.6 Å². The van der Waals surface area contributed by atoms with Gasteiger partial charge < -0.3 is 20.1 Å². The fourth-order valence-electron chi connectivity index (χ4n) is 4.78. The van der Waals surface area contributed by atoms with Gasteiger partial charge in [0.05, 0.1) is 27.7 Å². The molecule has 4 aromatic rings. The molecule has 0 saturated carbocycles. The number of amides is 1. The van der Waals surface area contributed by atoms with E-state index in [4.69, 9.17) is 16.3 Å². The number of pyridine rings is 1. The van der Waals surface area contributed by atoms with E-state index in [0.717, 1.165) is 12.8 Å². The van der Waals surface area contributed by atoms with Gasteiger partial charge in [-0.05, 0) is 49.6 Å². The second-order valence-corrected chi connectivity index (χ2v) is 11.9. The monoisotopic (exact) mass is 596 g/mol. The Morgan fingerprint density at radius 3 is 2.78 bits per heavy atom. The third kappa shape index (κ3) is 6.60. The van der Waals surface area contributed by atoms with Crippen molar-refractivity contribution >= 4 is 50.1 Å². The van der Waals surface area contributed by atoms with Crippen molar-refractivity contribution < 1.29 is 23.1 Å². The molecular weight excluding hydrogens is 568 g/mol. The molecule has 1 amide bonds. The number of hydrogen-bond donors (Lipinski definition) is 3. The van der Waals surface area contributed by atoms with Gasteiger partial charge in [-0.1, -0.05) is 36.7 Å². The number of ether oxygens (including phenoxy) is 1. The first-order chi connectivity index (χ1) is 19.7.